The Balaban J connectivity index is 1.50. The van der Waals surface area contributed by atoms with Crippen molar-refractivity contribution in [2.45, 2.75) is 31.6 Å². The molecule has 1 unspecified atom stereocenters. The van der Waals surface area contributed by atoms with Crippen molar-refractivity contribution in [2.75, 3.05) is 0 Å². The Labute approximate surface area is 188 Å². The zero-order chi connectivity index (χ0) is 18.5. The van der Waals surface area contributed by atoms with Crippen LogP contribution in [-0.2, 0) is 0 Å². The zero-order valence-corrected chi connectivity index (χ0v) is 19.5. The molecule has 2 aliphatic rings. The van der Waals surface area contributed by atoms with Crippen molar-refractivity contribution in [1.29, 1.82) is 0 Å². The summed E-state index contributed by atoms with van der Waals surface area (Å²) < 4.78 is 2.67. The zero-order valence-electron chi connectivity index (χ0n) is 15.2. The van der Waals surface area contributed by atoms with Crippen LogP contribution in [-0.4, -0.2) is 0 Å². The summed E-state index contributed by atoms with van der Waals surface area (Å²) in [6.45, 7) is 2.30. The highest BCUT2D eigenvalue weighted by molar-refractivity contribution is 14.1. The molecule has 5 rings (SSSR count). The summed E-state index contributed by atoms with van der Waals surface area (Å²) in [5.74, 6) is 1.08. The molecule has 0 aliphatic heterocycles. The molecular weight excluding hydrogens is 554 g/mol. The topological polar surface area (TPSA) is 0 Å². The van der Waals surface area contributed by atoms with Crippen molar-refractivity contribution in [2.24, 2.45) is 0 Å². The van der Waals surface area contributed by atoms with Gasteiger partial charge >= 0.3 is 0 Å². The van der Waals surface area contributed by atoms with E-state index in [1.807, 2.05) is 0 Å². The minimum absolute atomic E-state index is 0.514. The normalized spacial score (nSPS) is 17.4. The van der Waals surface area contributed by atoms with Gasteiger partial charge in [-0.3, -0.25) is 0 Å². The predicted molar refractivity (Wildman–Crippen MR) is 131 cm³/mol. The van der Waals surface area contributed by atoms with Crippen molar-refractivity contribution in [3.63, 3.8) is 0 Å². The molecule has 0 aromatic heterocycles. The molecule has 2 heteroatoms. The van der Waals surface area contributed by atoms with Gasteiger partial charge in [0.1, 0.15) is 0 Å². The molecular formula is C25H20I2. The Morgan fingerprint density at radius 1 is 0.704 bits per heavy atom. The van der Waals surface area contributed by atoms with Gasteiger partial charge in [-0.1, -0.05) is 48.0 Å². The number of hydrogen-bond acceptors (Lipinski definition) is 0. The number of fused-ring (bicyclic) bond motifs is 4. The van der Waals surface area contributed by atoms with Gasteiger partial charge in [0.2, 0.25) is 0 Å². The smallest absolute Gasteiger partial charge is 0.0133 e. The van der Waals surface area contributed by atoms with Crippen LogP contribution in [0.2, 0.25) is 0 Å². The van der Waals surface area contributed by atoms with Crippen molar-refractivity contribution in [3.8, 4) is 11.1 Å². The van der Waals surface area contributed by atoms with E-state index < -0.39 is 0 Å². The molecule has 1 atom stereocenters. The van der Waals surface area contributed by atoms with Gasteiger partial charge < -0.3 is 0 Å². The average Bonchev–Trinajstić information content (AvgIpc) is 3.13. The monoisotopic (exact) mass is 574 g/mol. The maximum absolute atomic E-state index is 2.45. The van der Waals surface area contributed by atoms with Gasteiger partial charge in [-0.05, 0) is 123 Å². The lowest BCUT2D eigenvalue weighted by Gasteiger charge is -2.19. The van der Waals surface area contributed by atoms with E-state index in [9.17, 15) is 0 Å². The minimum atomic E-state index is 0.514. The van der Waals surface area contributed by atoms with E-state index in [1.54, 1.807) is 0 Å². The number of benzene rings is 3. The van der Waals surface area contributed by atoms with Crippen LogP contribution in [0.3, 0.4) is 0 Å². The summed E-state index contributed by atoms with van der Waals surface area (Å²) in [5, 5.41) is 0. The quantitative estimate of drug-likeness (QED) is 0.279. The fraction of sp³-hybridized carbons (Fsp3) is 0.200. The van der Waals surface area contributed by atoms with E-state index in [2.05, 4.69) is 119 Å². The second kappa shape index (κ2) is 7.03. The Morgan fingerprint density at radius 2 is 1.30 bits per heavy atom. The van der Waals surface area contributed by atoms with Gasteiger partial charge in [-0.25, -0.2) is 0 Å². The van der Waals surface area contributed by atoms with Crippen LogP contribution in [0.15, 0.2) is 66.2 Å². The molecule has 0 spiro atoms. The van der Waals surface area contributed by atoms with E-state index in [-0.39, 0.29) is 0 Å². The molecule has 0 fully saturated rings. The molecule has 0 radical (unpaired) electrons. The maximum atomic E-state index is 2.45. The first-order chi connectivity index (χ1) is 13.1. The van der Waals surface area contributed by atoms with E-state index in [0.717, 1.165) is 0 Å². The summed E-state index contributed by atoms with van der Waals surface area (Å²) >= 11 is 4.90. The number of halogens is 2. The molecule has 0 amide bonds. The van der Waals surface area contributed by atoms with Crippen molar-refractivity contribution in [3.05, 3.63) is 95.6 Å². The van der Waals surface area contributed by atoms with Crippen LogP contribution in [0.1, 0.15) is 53.9 Å². The van der Waals surface area contributed by atoms with Gasteiger partial charge in [-0.2, -0.15) is 0 Å². The summed E-state index contributed by atoms with van der Waals surface area (Å²) in [7, 11) is 0. The van der Waals surface area contributed by atoms with Crippen LogP contribution < -0.4 is 0 Å². The van der Waals surface area contributed by atoms with Gasteiger partial charge in [0.15, 0.2) is 0 Å². The lowest BCUT2D eigenvalue weighted by atomic mass is 9.85. The Hall–Kier alpha value is -1.14. The maximum Gasteiger partial charge on any atom is 0.0133 e. The first kappa shape index (κ1) is 17.9. The molecule has 27 heavy (non-hydrogen) atoms. The summed E-state index contributed by atoms with van der Waals surface area (Å²) in [5.41, 5.74) is 10.4. The lowest BCUT2D eigenvalue weighted by Crippen LogP contribution is -2.03. The summed E-state index contributed by atoms with van der Waals surface area (Å²) in [4.78, 5) is 0. The van der Waals surface area contributed by atoms with E-state index >= 15 is 0 Å². The van der Waals surface area contributed by atoms with E-state index in [4.69, 9.17) is 0 Å². The molecule has 0 nitrogen and oxygen atoms in total. The molecule has 0 N–H and O–H groups in total. The van der Waals surface area contributed by atoms with Gasteiger partial charge in [-0.15, -0.1) is 0 Å². The first-order valence-electron chi connectivity index (χ1n) is 9.48. The summed E-state index contributed by atoms with van der Waals surface area (Å²) in [6.07, 6.45) is 4.78. The van der Waals surface area contributed by atoms with Crippen molar-refractivity contribution in [1.82, 2.24) is 0 Å². The van der Waals surface area contributed by atoms with Crippen LogP contribution in [0.5, 0.6) is 0 Å². The second-order valence-electron chi connectivity index (χ2n) is 7.66. The van der Waals surface area contributed by atoms with Crippen LogP contribution in [0.4, 0.5) is 0 Å². The molecule has 0 saturated heterocycles. The summed E-state index contributed by atoms with van der Waals surface area (Å²) in [6, 6.07) is 22.8. The van der Waals surface area contributed by atoms with Gasteiger partial charge in [0.05, 0.1) is 0 Å². The molecule has 0 bridgehead atoms. The number of rotatable bonds is 3. The van der Waals surface area contributed by atoms with E-state index in [1.165, 1.54) is 58.9 Å². The third kappa shape index (κ3) is 3.09. The highest BCUT2D eigenvalue weighted by Crippen LogP contribution is 2.49. The molecule has 0 saturated carbocycles. The lowest BCUT2D eigenvalue weighted by molar-refractivity contribution is 0.618. The fourth-order valence-electron chi connectivity index (χ4n) is 4.88. The largest absolute Gasteiger partial charge is 0.0652 e. The standard InChI is InChI=1S/C25H20I2/c1-15-12-16-4-2-3-5-20(16)19(15)10-11-23-24-13-17(26)6-8-21(24)22-9-7-18(27)14-25(22)23/h2-9,12-14,19,23H,10-11H2,1H3. The molecule has 3 aromatic carbocycles. The molecule has 134 valence electrons. The van der Waals surface area contributed by atoms with Crippen LogP contribution in [0, 0.1) is 7.14 Å². The molecule has 0 heterocycles. The fourth-order valence-corrected chi connectivity index (χ4v) is 5.91. The number of allylic oxidation sites excluding steroid dienone is 1. The minimum Gasteiger partial charge on any atom is -0.0652 e. The first-order valence-corrected chi connectivity index (χ1v) is 11.6. The predicted octanol–water partition coefficient (Wildman–Crippen LogP) is 7.99. The Kier molecular flexibility index (Phi) is 4.67. The second-order valence-corrected chi connectivity index (χ2v) is 10.2. The number of hydrogen-bond donors (Lipinski definition) is 0. The molecule has 2 aliphatic carbocycles. The van der Waals surface area contributed by atoms with Crippen LogP contribution >= 0.6 is 45.2 Å². The van der Waals surface area contributed by atoms with Crippen molar-refractivity contribution < 1.29 is 0 Å². The third-order valence-corrected chi connectivity index (χ3v) is 7.46. The van der Waals surface area contributed by atoms with Crippen molar-refractivity contribution >= 4 is 51.3 Å². The van der Waals surface area contributed by atoms with E-state index in [0.29, 0.717) is 11.8 Å². The average molecular weight is 574 g/mol. The highest BCUT2D eigenvalue weighted by Gasteiger charge is 2.31. The van der Waals surface area contributed by atoms with Gasteiger partial charge in [0.25, 0.3) is 0 Å². The van der Waals surface area contributed by atoms with Crippen LogP contribution in [0.25, 0.3) is 17.2 Å². The highest BCUT2D eigenvalue weighted by atomic mass is 127. The third-order valence-electron chi connectivity index (χ3n) is 6.12. The Morgan fingerprint density at radius 3 is 1.96 bits per heavy atom. The van der Waals surface area contributed by atoms with Gasteiger partial charge in [0, 0.05) is 19.0 Å². The Bertz CT molecular complexity index is 1030. The molecule has 3 aromatic rings. The SMILES string of the molecule is CC1=Cc2ccccc2C1CCC1c2cc(I)ccc2-c2ccc(I)cc21.